The van der Waals surface area contributed by atoms with Gasteiger partial charge in [0.2, 0.25) is 0 Å². The normalized spacial score (nSPS) is 24.4. The number of hydrogen-bond donors (Lipinski definition) is 0. The Morgan fingerprint density at radius 3 is 2.40 bits per heavy atom. The van der Waals surface area contributed by atoms with E-state index in [9.17, 15) is 4.79 Å². The smallest absolute Gasteiger partial charge is 0.302 e. The molecule has 0 saturated carbocycles. The molecule has 1 rings (SSSR count). The van der Waals surface area contributed by atoms with E-state index in [-0.39, 0.29) is 23.6 Å². The number of epoxide rings is 1. The molecule has 1 aliphatic heterocycles. The molecule has 0 aromatic heterocycles. The summed E-state index contributed by atoms with van der Waals surface area (Å²) in [6.45, 7) is 11.9. The molecule has 0 aliphatic carbocycles. The third-order valence-electron chi connectivity index (χ3n) is 2.85. The maximum absolute atomic E-state index is 10.7. The van der Waals surface area contributed by atoms with Gasteiger partial charge in [0.25, 0.3) is 0 Å². The first-order valence-corrected chi connectivity index (χ1v) is 5.29. The minimum absolute atomic E-state index is 0.01000. The van der Waals surface area contributed by atoms with Gasteiger partial charge in [-0.1, -0.05) is 12.2 Å². The van der Waals surface area contributed by atoms with Gasteiger partial charge in [-0.05, 0) is 27.2 Å². The summed E-state index contributed by atoms with van der Waals surface area (Å²) in [6, 6.07) is 0. The van der Waals surface area contributed by atoms with E-state index in [0.717, 1.165) is 12.0 Å². The minimum atomic E-state index is -0.239. The van der Waals surface area contributed by atoms with Gasteiger partial charge in [-0.2, -0.15) is 0 Å². The molecule has 0 bridgehead atoms. The van der Waals surface area contributed by atoms with Gasteiger partial charge in [0.05, 0.1) is 18.3 Å². The Balaban J connectivity index is 2.38. The van der Waals surface area contributed by atoms with Crippen LogP contribution in [0.25, 0.3) is 0 Å². The summed E-state index contributed by atoms with van der Waals surface area (Å²) >= 11 is 0. The van der Waals surface area contributed by atoms with Crippen molar-refractivity contribution in [1.29, 1.82) is 0 Å². The molecule has 15 heavy (non-hydrogen) atoms. The van der Waals surface area contributed by atoms with Gasteiger partial charge in [-0.25, -0.2) is 0 Å². The van der Waals surface area contributed by atoms with Crippen LogP contribution in [-0.4, -0.2) is 24.3 Å². The van der Waals surface area contributed by atoms with Crippen molar-refractivity contribution in [3.8, 4) is 0 Å². The number of rotatable bonds is 5. The molecule has 3 heteroatoms. The molecule has 0 aromatic rings. The maximum Gasteiger partial charge on any atom is 0.302 e. The molecule has 1 aliphatic rings. The molecule has 3 nitrogen and oxygen atoms in total. The van der Waals surface area contributed by atoms with E-state index in [2.05, 4.69) is 20.4 Å². The first kappa shape index (κ1) is 12.2. The monoisotopic (exact) mass is 212 g/mol. The summed E-state index contributed by atoms with van der Waals surface area (Å²) in [4.78, 5) is 10.7. The summed E-state index contributed by atoms with van der Waals surface area (Å²) in [7, 11) is 0. The van der Waals surface area contributed by atoms with E-state index in [1.165, 1.54) is 6.92 Å². The van der Waals surface area contributed by atoms with Gasteiger partial charge in [0, 0.05) is 12.8 Å². The Morgan fingerprint density at radius 2 is 2.07 bits per heavy atom. The molecule has 1 fully saturated rings. The van der Waals surface area contributed by atoms with Crippen molar-refractivity contribution in [2.75, 3.05) is 6.61 Å². The number of ether oxygens (including phenoxy) is 2. The maximum atomic E-state index is 10.7. The SMILES string of the molecule is C=C(C)C(COC(C)=O)CC1OC1(C)C. The van der Waals surface area contributed by atoms with Gasteiger partial charge in [-0.3, -0.25) is 4.79 Å². The summed E-state index contributed by atoms with van der Waals surface area (Å²) in [6.07, 6.45) is 1.16. The number of hydrogen-bond acceptors (Lipinski definition) is 3. The van der Waals surface area contributed by atoms with Crippen molar-refractivity contribution in [2.24, 2.45) is 5.92 Å². The van der Waals surface area contributed by atoms with Crippen LogP contribution in [0.1, 0.15) is 34.1 Å². The Morgan fingerprint density at radius 1 is 1.53 bits per heavy atom. The molecule has 2 unspecified atom stereocenters. The van der Waals surface area contributed by atoms with Crippen molar-refractivity contribution >= 4 is 5.97 Å². The van der Waals surface area contributed by atoms with Crippen molar-refractivity contribution in [3.05, 3.63) is 12.2 Å². The van der Waals surface area contributed by atoms with Crippen LogP contribution < -0.4 is 0 Å². The molecule has 2 atom stereocenters. The Bertz CT molecular complexity index is 268. The molecule has 0 spiro atoms. The molecule has 86 valence electrons. The summed E-state index contributed by atoms with van der Waals surface area (Å²) in [5, 5.41) is 0. The number of esters is 1. The molecule has 1 heterocycles. The van der Waals surface area contributed by atoms with Crippen molar-refractivity contribution in [2.45, 2.75) is 45.8 Å². The van der Waals surface area contributed by atoms with E-state index in [4.69, 9.17) is 9.47 Å². The summed E-state index contributed by atoms with van der Waals surface area (Å²) < 4.78 is 10.5. The zero-order chi connectivity index (χ0) is 11.6. The van der Waals surface area contributed by atoms with Gasteiger partial charge in [-0.15, -0.1) is 0 Å². The Hall–Kier alpha value is -0.830. The third-order valence-corrected chi connectivity index (χ3v) is 2.85. The van der Waals surface area contributed by atoms with Crippen LogP contribution in [0.4, 0.5) is 0 Å². The van der Waals surface area contributed by atoms with Gasteiger partial charge >= 0.3 is 5.97 Å². The summed E-state index contributed by atoms with van der Waals surface area (Å²) in [5.74, 6) is -0.0297. The predicted molar refractivity (Wildman–Crippen MR) is 58.5 cm³/mol. The van der Waals surface area contributed by atoms with Crippen LogP contribution in [0, 0.1) is 5.92 Å². The van der Waals surface area contributed by atoms with Crippen LogP contribution in [0.15, 0.2) is 12.2 Å². The second-order valence-electron chi connectivity index (χ2n) is 4.79. The number of carbonyl (C=O) groups is 1. The fraction of sp³-hybridized carbons (Fsp3) is 0.750. The average molecular weight is 212 g/mol. The first-order chi connectivity index (χ1) is 6.83. The topological polar surface area (TPSA) is 38.8 Å². The molecular formula is C12H20O3. The lowest BCUT2D eigenvalue weighted by molar-refractivity contribution is -0.142. The lowest BCUT2D eigenvalue weighted by Crippen LogP contribution is -2.17. The molecule has 1 saturated heterocycles. The standard InChI is InChI=1S/C12H20O3/c1-8(2)10(7-14-9(3)13)6-11-12(4,5)15-11/h10-11H,1,6-7H2,2-5H3. The quantitative estimate of drug-likeness (QED) is 0.399. The zero-order valence-electron chi connectivity index (χ0n) is 10.0. The highest BCUT2D eigenvalue weighted by atomic mass is 16.6. The van der Waals surface area contributed by atoms with Crippen molar-refractivity contribution in [3.63, 3.8) is 0 Å². The lowest BCUT2D eigenvalue weighted by Gasteiger charge is -2.15. The van der Waals surface area contributed by atoms with Crippen LogP contribution >= 0.6 is 0 Å². The van der Waals surface area contributed by atoms with Gasteiger partial charge in [0.1, 0.15) is 0 Å². The third kappa shape index (κ3) is 3.67. The van der Waals surface area contributed by atoms with E-state index >= 15 is 0 Å². The van der Waals surface area contributed by atoms with E-state index < -0.39 is 0 Å². The van der Waals surface area contributed by atoms with E-state index in [1.54, 1.807) is 0 Å². The fourth-order valence-electron chi connectivity index (χ4n) is 1.55. The van der Waals surface area contributed by atoms with Crippen LogP contribution in [0.5, 0.6) is 0 Å². The lowest BCUT2D eigenvalue weighted by atomic mass is 9.93. The van der Waals surface area contributed by atoms with E-state index in [1.807, 2.05) is 6.92 Å². The van der Waals surface area contributed by atoms with Crippen LogP contribution in [0.3, 0.4) is 0 Å². The Kier molecular flexibility index (Phi) is 3.55. The second-order valence-corrected chi connectivity index (χ2v) is 4.79. The zero-order valence-corrected chi connectivity index (χ0v) is 10.0. The van der Waals surface area contributed by atoms with Crippen molar-refractivity contribution < 1.29 is 14.3 Å². The molecule has 0 N–H and O–H groups in total. The average Bonchev–Trinajstić information content (AvgIpc) is 2.66. The number of carbonyl (C=O) groups excluding carboxylic acids is 1. The Labute approximate surface area is 91.4 Å². The molecular weight excluding hydrogens is 192 g/mol. The first-order valence-electron chi connectivity index (χ1n) is 5.29. The molecule has 0 aromatic carbocycles. The fourth-order valence-corrected chi connectivity index (χ4v) is 1.55. The highest BCUT2D eigenvalue weighted by Gasteiger charge is 2.48. The van der Waals surface area contributed by atoms with Crippen LogP contribution in [-0.2, 0) is 14.3 Å². The largest absolute Gasteiger partial charge is 0.465 e. The van der Waals surface area contributed by atoms with Crippen LogP contribution in [0.2, 0.25) is 0 Å². The minimum Gasteiger partial charge on any atom is -0.465 e. The van der Waals surface area contributed by atoms with Gasteiger partial charge in [0.15, 0.2) is 0 Å². The molecule has 0 amide bonds. The molecule has 0 radical (unpaired) electrons. The highest BCUT2D eigenvalue weighted by Crippen LogP contribution is 2.40. The van der Waals surface area contributed by atoms with Gasteiger partial charge < -0.3 is 9.47 Å². The van der Waals surface area contributed by atoms with Crippen molar-refractivity contribution in [1.82, 2.24) is 0 Å². The second kappa shape index (κ2) is 4.35. The predicted octanol–water partition coefficient (Wildman–Crippen LogP) is 2.31. The highest BCUT2D eigenvalue weighted by molar-refractivity contribution is 5.65. The van der Waals surface area contributed by atoms with E-state index in [0.29, 0.717) is 6.61 Å². The summed E-state index contributed by atoms with van der Waals surface area (Å²) in [5.41, 5.74) is 1.03.